The number of amides is 1. The van der Waals surface area contributed by atoms with E-state index in [0.717, 1.165) is 19.5 Å². The van der Waals surface area contributed by atoms with E-state index in [1.54, 1.807) is 12.1 Å². The number of carbonyl (C=O) groups excluding carboxylic acids is 1. The van der Waals surface area contributed by atoms with Crippen molar-refractivity contribution in [1.82, 2.24) is 15.2 Å². The van der Waals surface area contributed by atoms with Crippen molar-refractivity contribution in [2.24, 2.45) is 0 Å². The second-order valence-corrected chi connectivity index (χ2v) is 4.54. The molecule has 1 aliphatic rings. The van der Waals surface area contributed by atoms with Crippen molar-refractivity contribution in [3.05, 3.63) is 29.0 Å². The van der Waals surface area contributed by atoms with Crippen LogP contribution in [-0.2, 0) is 0 Å². The number of nitrogens with zero attached hydrogens (tertiary/aromatic N) is 2. The van der Waals surface area contributed by atoms with Gasteiger partial charge in [0.15, 0.2) is 0 Å². The Balaban J connectivity index is 2.13. The van der Waals surface area contributed by atoms with Gasteiger partial charge in [-0.3, -0.25) is 4.79 Å². The minimum absolute atomic E-state index is 0.0159. The van der Waals surface area contributed by atoms with Crippen molar-refractivity contribution in [3.63, 3.8) is 0 Å². The topological polar surface area (TPSA) is 45.2 Å². The predicted octanol–water partition coefficient (Wildman–Crippen LogP) is 1.56. The molecule has 1 N–H and O–H groups in total. The van der Waals surface area contributed by atoms with Gasteiger partial charge in [-0.1, -0.05) is 11.6 Å². The maximum atomic E-state index is 12.3. The van der Waals surface area contributed by atoms with Crippen LogP contribution < -0.4 is 5.32 Å². The van der Waals surface area contributed by atoms with Crippen LogP contribution in [0.2, 0.25) is 5.02 Å². The Morgan fingerprint density at radius 1 is 1.65 bits per heavy atom. The molecule has 1 atom stereocenters. The quantitative estimate of drug-likeness (QED) is 0.889. The molecule has 2 heterocycles. The number of nitrogens with one attached hydrogen (secondary N) is 1. The third-order valence-corrected chi connectivity index (χ3v) is 3.25. The second-order valence-electron chi connectivity index (χ2n) is 4.10. The molecule has 0 aliphatic carbocycles. The fourth-order valence-electron chi connectivity index (χ4n) is 2.12. The van der Waals surface area contributed by atoms with Gasteiger partial charge in [0.1, 0.15) is 5.69 Å². The summed E-state index contributed by atoms with van der Waals surface area (Å²) >= 11 is 5.76. The van der Waals surface area contributed by atoms with Gasteiger partial charge in [-0.15, -0.1) is 0 Å². The van der Waals surface area contributed by atoms with Crippen LogP contribution in [0.4, 0.5) is 0 Å². The van der Waals surface area contributed by atoms with Crippen molar-refractivity contribution < 1.29 is 4.79 Å². The molecule has 1 unspecified atom stereocenters. The number of aromatic nitrogens is 1. The molecule has 92 valence electrons. The van der Waals surface area contributed by atoms with E-state index in [4.69, 9.17) is 11.6 Å². The summed E-state index contributed by atoms with van der Waals surface area (Å²) in [5.41, 5.74) is 0.461. The van der Waals surface area contributed by atoms with Gasteiger partial charge in [0, 0.05) is 25.3 Å². The lowest BCUT2D eigenvalue weighted by atomic mass is 10.2. The van der Waals surface area contributed by atoms with Crippen LogP contribution in [-0.4, -0.2) is 41.5 Å². The summed E-state index contributed by atoms with van der Waals surface area (Å²) in [7, 11) is 0. The Morgan fingerprint density at radius 3 is 3.00 bits per heavy atom. The molecule has 1 fully saturated rings. The van der Waals surface area contributed by atoms with Gasteiger partial charge in [0.25, 0.3) is 5.91 Å². The first-order chi connectivity index (χ1) is 8.22. The normalized spacial score (nSPS) is 19.3. The Bertz CT molecular complexity index is 387. The van der Waals surface area contributed by atoms with Crippen molar-refractivity contribution in [2.45, 2.75) is 19.4 Å². The zero-order chi connectivity index (χ0) is 12.3. The molecular weight excluding hydrogens is 238 g/mol. The molecule has 1 saturated heterocycles. The Hall–Kier alpha value is -1.13. The zero-order valence-electron chi connectivity index (χ0n) is 9.82. The largest absolute Gasteiger partial charge is 0.333 e. The summed E-state index contributed by atoms with van der Waals surface area (Å²) < 4.78 is 0. The number of rotatable bonds is 3. The van der Waals surface area contributed by atoms with Crippen LogP contribution in [0.3, 0.4) is 0 Å². The fraction of sp³-hybridized carbons (Fsp3) is 0.500. The number of halogens is 1. The first-order valence-corrected chi connectivity index (χ1v) is 6.23. The summed E-state index contributed by atoms with van der Waals surface area (Å²) in [6, 6.07) is 3.66. The Morgan fingerprint density at radius 2 is 2.47 bits per heavy atom. The number of hydrogen-bond donors (Lipinski definition) is 1. The van der Waals surface area contributed by atoms with Crippen LogP contribution >= 0.6 is 11.6 Å². The average molecular weight is 254 g/mol. The van der Waals surface area contributed by atoms with E-state index in [1.807, 2.05) is 11.8 Å². The smallest absolute Gasteiger partial charge is 0.272 e. The van der Waals surface area contributed by atoms with Crippen molar-refractivity contribution >= 4 is 17.5 Å². The van der Waals surface area contributed by atoms with Gasteiger partial charge in [-0.25, -0.2) is 4.98 Å². The van der Waals surface area contributed by atoms with E-state index in [2.05, 4.69) is 10.3 Å². The maximum absolute atomic E-state index is 12.3. The van der Waals surface area contributed by atoms with Crippen LogP contribution in [0.1, 0.15) is 23.8 Å². The molecule has 0 saturated carbocycles. The highest BCUT2D eigenvalue weighted by Crippen LogP contribution is 2.13. The van der Waals surface area contributed by atoms with E-state index < -0.39 is 0 Å². The third kappa shape index (κ3) is 2.76. The van der Waals surface area contributed by atoms with Crippen molar-refractivity contribution in [1.29, 1.82) is 0 Å². The average Bonchev–Trinajstić information content (AvgIpc) is 2.84. The van der Waals surface area contributed by atoms with E-state index in [1.165, 1.54) is 6.20 Å². The molecule has 0 radical (unpaired) electrons. The molecule has 5 heteroatoms. The lowest BCUT2D eigenvalue weighted by molar-refractivity contribution is 0.0698. The zero-order valence-corrected chi connectivity index (χ0v) is 10.6. The van der Waals surface area contributed by atoms with E-state index in [9.17, 15) is 4.79 Å². The molecule has 1 amide bonds. The van der Waals surface area contributed by atoms with Gasteiger partial charge in [-0.05, 0) is 32.0 Å². The van der Waals surface area contributed by atoms with E-state index in [0.29, 0.717) is 17.3 Å². The highest BCUT2D eigenvalue weighted by atomic mass is 35.5. The monoisotopic (exact) mass is 253 g/mol. The number of pyridine rings is 1. The lowest BCUT2D eigenvalue weighted by Crippen LogP contribution is -2.41. The standard InChI is InChI=1S/C12H16ClN3O/c1-2-16(10-5-6-14-8-10)12(17)11-4-3-9(13)7-15-11/h3-4,7,10,14H,2,5-6,8H2,1H3. The Kier molecular flexibility index (Phi) is 3.97. The number of hydrogen-bond acceptors (Lipinski definition) is 3. The number of carbonyl (C=O) groups is 1. The van der Waals surface area contributed by atoms with Gasteiger partial charge in [-0.2, -0.15) is 0 Å². The summed E-state index contributed by atoms with van der Waals surface area (Å²) in [6.45, 7) is 4.54. The minimum Gasteiger partial charge on any atom is -0.333 e. The summed E-state index contributed by atoms with van der Waals surface area (Å²) in [5, 5.41) is 3.82. The van der Waals surface area contributed by atoms with Crippen LogP contribution in [0.5, 0.6) is 0 Å². The van der Waals surface area contributed by atoms with Crippen molar-refractivity contribution in [2.75, 3.05) is 19.6 Å². The molecule has 0 bridgehead atoms. The van der Waals surface area contributed by atoms with Gasteiger partial charge in [0.2, 0.25) is 0 Å². The molecule has 1 aromatic rings. The minimum atomic E-state index is -0.0159. The van der Waals surface area contributed by atoms with Gasteiger partial charge in [0.05, 0.1) is 5.02 Å². The molecule has 2 rings (SSSR count). The molecule has 0 aromatic carbocycles. The van der Waals surface area contributed by atoms with Gasteiger partial charge < -0.3 is 10.2 Å². The highest BCUT2D eigenvalue weighted by Gasteiger charge is 2.26. The van der Waals surface area contributed by atoms with Crippen LogP contribution in [0.25, 0.3) is 0 Å². The molecule has 0 spiro atoms. The summed E-state index contributed by atoms with van der Waals surface area (Å²) in [4.78, 5) is 18.2. The van der Waals surface area contributed by atoms with Gasteiger partial charge >= 0.3 is 0 Å². The molecule has 17 heavy (non-hydrogen) atoms. The molecule has 1 aromatic heterocycles. The van der Waals surface area contributed by atoms with E-state index in [-0.39, 0.29) is 11.9 Å². The van der Waals surface area contributed by atoms with Crippen molar-refractivity contribution in [3.8, 4) is 0 Å². The van der Waals surface area contributed by atoms with Crippen LogP contribution in [0, 0.1) is 0 Å². The third-order valence-electron chi connectivity index (χ3n) is 3.02. The second kappa shape index (κ2) is 5.47. The fourth-order valence-corrected chi connectivity index (χ4v) is 2.23. The Labute approximate surface area is 106 Å². The molecule has 4 nitrogen and oxygen atoms in total. The number of likely N-dealkylation sites (N-methyl/N-ethyl adjacent to an activating group) is 1. The lowest BCUT2D eigenvalue weighted by Gasteiger charge is -2.26. The first-order valence-electron chi connectivity index (χ1n) is 5.85. The van der Waals surface area contributed by atoms with E-state index >= 15 is 0 Å². The first kappa shape index (κ1) is 12.3. The van der Waals surface area contributed by atoms with Crippen LogP contribution in [0.15, 0.2) is 18.3 Å². The maximum Gasteiger partial charge on any atom is 0.272 e. The SMILES string of the molecule is CCN(C(=O)c1ccc(Cl)cn1)C1CCNC1. The summed E-state index contributed by atoms with van der Waals surface area (Å²) in [5.74, 6) is -0.0159. The molecular formula is C12H16ClN3O. The summed E-state index contributed by atoms with van der Waals surface area (Å²) in [6.07, 6.45) is 2.52. The predicted molar refractivity (Wildman–Crippen MR) is 67.2 cm³/mol. The molecule has 1 aliphatic heterocycles. The highest BCUT2D eigenvalue weighted by molar-refractivity contribution is 6.30.